The van der Waals surface area contributed by atoms with E-state index in [1.807, 2.05) is 6.08 Å². The lowest BCUT2D eigenvalue weighted by Crippen LogP contribution is -2.45. The summed E-state index contributed by atoms with van der Waals surface area (Å²) in [6.45, 7) is 4.93. The van der Waals surface area contributed by atoms with Gasteiger partial charge in [-0.25, -0.2) is 0 Å². The zero-order valence-corrected chi connectivity index (χ0v) is 50.4. The molecule has 0 rings (SSSR count). The van der Waals surface area contributed by atoms with Crippen LogP contribution in [-0.2, 0) is 14.3 Å². The van der Waals surface area contributed by atoms with Crippen molar-refractivity contribution in [1.29, 1.82) is 0 Å². The van der Waals surface area contributed by atoms with E-state index in [0.717, 1.165) is 38.5 Å². The van der Waals surface area contributed by atoms with E-state index in [4.69, 9.17) is 4.74 Å². The molecule has 6 nitrogen and oxygen atoms in total. The highest BCUT2D eigenvalue weighted by Gasteiger charge is 2.18. The molecular weight excluding hydrogens is 911 g/mol. The van der Waals surface area contributed by atoms with Gasteiger partial charge in [0.1, 0.15) is 0 Å². The fraction of sp³-hybridized carbons (Fsp3) is 0.941. The number of esters is 1. The first-order valence-electron chi connectivity index (χ1n) is 34.0. The van der Waals surface area contributed by atoms with Gasteiger partial charge in [-0.2, -0.15) is 0 Å². The first kappa shape index (κ1) is 72.6. The number of carbonyl (C=O) groups is 2. The van der Waals surface area contributed by atoms with Gasteiger partial charge in [-0.05, 0) is 32.1 Å². The van der Waals surface area contributed by atoms with Crippen LogP contribution in [0.25, 0.3) is 0 Å². The van der Waals surface area contributed by atoms with Gasteiger partial charge < -0.3 is 20.3 Å². The molecule has 0 radical (unpaired) electrons. The fourth-order valence-electron chi connectivity index (χ4n) is 10.9. The SMILES string of the molecule is CCCCCCCCCCC/C=C/C(O)C(CO)NC(=O)CCCCCCCCCCCCCCCCCCCCCCCCCCCCCCCCOC(=O)CCCCCCCCCCCCCCCCCC. The van der Waals surface area contributed by atoms with Gasteiger partial charge in [0.25, 0.3) is 0 Å². The Kier molecular flexibility index (Phi) is 62.9. The maximum Gasteiger partial charge on any atom is 0.305 e. The zero-order valence-electron chi connectivity index (χ0n) is 50.4. The van der Waals surface area contributed by atoms with Crippen LogP contribution in [0, 0.1) is 0 Å². The molecular formula is C68H133NO5. The van der Waals surface area contributed by atoms with Crippen LogP contribution in [0.5, 0.6) is 0 Å². The number of unbranched alkanes of at least 4 members (excludes halogenated alkanes) is 53. The van der Waals surface area contributed by atoms with Crippen LogP contribution in [0.1, 0.15) is 386 Å². The predicted octanol–water partition coefficient (Wildman–Crippen LogP) is 21.6. The summed E-state index contributed by atoms with van der Waals surface area (Å²) in [5.41, 5.74) is 0. The van der Waals surface area contributed by atoms with Crippen LogP contribution in [0.15, 0.2) is 12.2 Å². The van der Waals surface area contributed by atoms with E-state index >= 15 is 0 Å². The van der Waals surface area contributed by atoms with Gasteiger partial charge in [0.05, 0.1) is 25.4 Å². The Labute approximate surface area is 463 Å². The Morgan fingerprint density at radius 3 is 0.919 bits per heavy atom. The maximum atomic E-state index is 12.4. The van der Waals surface area contributed by atoms with Gasteiger partial charge in [-0.1, -0.05) is 353 Å². The number of allylic oxidation sites excluding steroid dienone is 1. The fourth-order valence-corrected chi connectivity index (χ4v) is 10.9. The van der Waals surface area contributed by atoms with Crippen molar-refractivity contribution < 1.29 is 24.5 Å². The van der Waals surface area contributed by atoms with Crippen LogP contribution in [0.4, 0.5) is 0 Å². The second kappa shape index (κ2) is 64.1. The third-order valence-corrected chi connectivity index (χ3v) is 16.1. The van der Waals surface area contributed by atoms with Gasteiger partial charge >= 0.3 is 5.97 Å². The Morgan fingerprint density at radius 2 is 0.622 bits per heavy atom. The topological polar surface area (TPSA) is 95.9 Å². The van der Waals surface area contributed by atoms with Crippen molar-refractivity contribution in [1.82, 2.24) is 5.32 Å². The number of carbonyl (C=O) groups excluding carboxylic acids is 2. The largest absolute Gasteiger partial charge is 0.466 e. The van der Waals surface area contributed by atoms with Gasteiger partial charge in [0.15, 0.2) is 0 Å². The van der Waals surface area contributed by atoms with E-state index in [0.29, 0.717) is 19.4 Å². The number of amides is 1. The standard InChI is InChI=1S/C68H133NO5/c1-3-5-7-9-11-13-15-16-17-35-38-42-46-50-54-58-62-68(73)74-63-59-55-51-47-43-39-36-33-31-29-27-25-23-21-19-18-20-22-24-26-28-30-32-34-37-41-45-49-53-57-61-67(72)69-65(64-70)66(71)60-56-52-48-44-40-14-12-10-8-6-4-2/h56,60,65-66,70-71H,3-55,57-59,61-64H2,1-2H3,(H,69,72)/b60-56+. The van der Waals surface area contributed by atoms with Crippen LogP contribution in [0.2, 0.25) is 0 Å². The number of aliphatic hydroxyl groups excluding tert-OH is 2. The summed E-state index contributed by atoms with van der Waals surface area (Å²) in [7, 11) is 0. The summed E-state index contributed by atoms with van der Waals surface area (Å²) < 4.78 is 5.50. The highest BCUT2D eigenvalue weighted by Crippen LogP contribution is 2.19. The monoisotopic (exact) mass is 1040 g/mol. The van der Waals surface area contributed by atoms with Crippen molar-refractivity contribution in [3.05, 3.63) is 12.2 Å². The molecule has 2 unspecified atom stereocenters. The van der Waals surface area contributed by atoms with Crippen LogP contribution >= 0.6 is 0 Å². The molecule has 0 aromatic carbocycles. The highest BCUT2D eigenvalue weighted by atomic mass is 16.5. The van der Waals surface area contributed by atoms with Crippen molar-refractivity contribution in [3.63, 3.8) is 0 Å². The molecule has 0 aromatic heterocycles. The third-order valence-electron chi connectivity index (χ3n) is 16.1. The van der Waals surface area contributed by atoms with E-state index in [2.05, 4.69) is 19.2 Å². The summed E-state index contributed by atoms with van der Waals surface area (Å²) in [4.78, 5) is 24.5. The number of ether oxygens (including phenoxy) is 1. The first-order valence-corrected chi connectivity index (χ1v) is 34.0. The summed E-state index contributed by atoms with van der Waals surface area (Å²) in [5, 5.41) is 23.0. The average molecular weight is 1040 g/mol. The minimum absolute atomic E-state index is 0.0239. The van der Waals surface area contributed by atoms with Gasteiger partial charge in [0.2, 0.25) is 5.91 Å². The average Bonchev–Trinajstić information content (AvgIpc) is 3.40. The Hall–Kier alpha value is -1.40. The minimum atomic E-state index is -0.839. The molecule has 0 aliphatic rings. The maximum absolute atomic E-state index is 12.4. The molecule has 0 aliphatic heterocycles. The highest BCUT2D eigenvalue weighted by molar-refractivity contribution is 5.76. The van der Waals surface area contributed by atoms with E-state index in [-0.39, 0.29) is 18.5 Å². The summed E-state index contributed by atoms with van der Waals surface area (Å²) in [5.74, 6) is -0.0395. The second-order valence-electron chi connectivity index (χ2n) is 23.5. The molecule has 0 fully saturated rings. The summed E-state index contributed by atoms with van der Waals surface area (Å²) >= 11 is 0. The molecule has 0 aliphatic carbocycles. The Balaban J connectivity index is 3.30. The third kappa shape index (κ3) is 59.8. The van der Waals surface area contributed by atoms with Crippen molar-refractivity contribution >= 4 is 11.9 Å². The molecule has 74 heavy (non-hydrogen) atoms. The van der Waals surface area contributed by atoms with Gasteiger partial charge in [-0.15, -0.1) is 0 Å². The molecule has 2 atom stereocenters. The minimum Gasteiger partial charge on any atom is -0.466 e. The van der Waals surface area contributed by atoms with Gasteiger partial charge in [0, 0.05) is 12.8 Å². The van der Waals surface area contributed by atoms with Crippen LogP contribution < -0.4 is 5.32 Å². The number of nitrogens with one attached hydrogen (secondary N) is 1. The quantitative estimate of drug-likeness (QED) is 0.0320. The van der Waals surface area contributed by atoms with Crippen molar-refractivity contribution in [2.45, 2.75) is 398 Å². The van der Waals surface area contributed by atoms with Crippen molar-refractivity contribution in [2.24, 2.45) is 0 Å². The Morgan fingerprint density at radius 1 is 0.365 bits per heavy atom. The number of rotatable bonds is 64. The number of aliphatic hydroxyl groups is 2. The van der Waals surface area contributed by atoms with E-state index in [1.165, 1.54) is 321 Å². The molecule has 0 bridgehead atoms. The van der Waals surface area contributed by atoms with Crippen LogP contribution in [0.3, 0.4) is 0 Å². The molecule has 440 valence electrons. The normalized spacial score (nSPS) is 12.5. The van der Waals surface area contributed by atoms with Crippen LogP contribution in [-0.4, -0.2) is 47.4 Å². The summed E-state index contributed by atoms with van der Waals surface area (Å²) in [6, 6.07) is -0.622. The lowest BCUT2D eigenvalue weighted by atomic mass is 10.0. The molecule has 0 heterocycles. The second-order valence-corrected chi connectivity index (χ2v) is 23.5. The van der Waals surface area contributed by atoms with Crippen molar-refractivity contribution in [2.75, 3.05) is 13.2 Å². The molecule has 0 saturated heterocycles. The predicted molar refractivity (Wildman–Crippen MR) is 324 cm³/mol. The lowest BCUT2D eigenvalue weighted by Gasteiger charge is -2.20. The van der Waals surface area contributed by atoms with E-state index in [1.54, 1.807) is 6.08 Å². The smallest absolute Gasteiger partial charge is 0.305 e. The van der Waals surface area contributed by atoms with Crippen molar-refractivity contribution in [3.8, 4) is 0 Å². The van der Waals surface area contributed by atoms with E-state index in [9.17, 15) is 19.8 Å². The zero-order chi connectivity index (χ0) is 53.6. The molecule has 1 amide bonds. The Bertz CT molecular complexity index is 1110. The molecule has 0 saturated carbocycles. The molecule has 6 heteroatoms. The molecule has 0 spiro atoms. The molecule has 0 aromatic rings. The molecule has 3 N–H and O–H groups in total. The first-order chi connectivity index (χ1) is 36.5. The lowest BCUT2D eigenvalue weighted by molar-refractivity contribution is -0.143. The van der Waals surface area contributed by atoms with E-state index < -0.39 is 12.1 Å². The van der Waals surface area contributed by atoms with Gasteiger partial charge in [-0.3, -0.25) is 9.59 Å². The number of hydrogen-bond donors (Lipinski definition) is 3. The summed E-state index contributed by atoms with van der Waals surface area (Å²) in [6.07, 6.45) is 78.7. The number of hydrogen-bond acceptors (Lipinski definition) is 5.